The Morgan fingerprint density at radius 2 is 2.06 bits per heavy atom. The Bertz CT molecular complexity index is 399. The van der Waals surface area contributed by atoms with Crippen molar-refractivity contribution in [1.82, 2.24) is 0 Å². The van der Waals surface area contributed by atoms with Crippen LogP contribution in [0.4, 0.5) is 4.39 Å². The number of ether oxygens (including phenoxy) is 1. The summed E-state index contributed by atoms with van der Waals surface area (Å²) in [7, 11) is 0. The summed E-state index contributed by atoms with van der Waals surface area (Å²) < 4.78 is 18.6. The molecule has 1 aromatic carbocycles. The smallest absolute Gasteiger partial charge is 0.191 e. The second-order valence-corrected chi connectivity index (χ2v) is 4.45. The first-order valence-electron chi connectivity index (χ1n) is 5.89. The molecule has 0 N–H and O–H groups in total. The van der Waals surface area contributed by atoms with E-state index in [9.17, 15) is 9.18 Å². The fourth-order valence-corrected chi connectivity index (χ4v) is 1.71. The molecule has 1 aromatic rings. The molecule has 0 spiro atoms. The minimum Gasteiger partial charge on any atom is -0.370 e. The average molecular weight is 238 g/mol. The van der Waals surface area contributed by atoms with E-state index in [1.54, 1.807) is 13.0 Å². The van der Waals surface area contributed by atoms with Gasteiger partial charge in [0, 0.05) is 12.2 Å². The van der Waals surface area contributed by atoms with Gasteiger partial charge in [-0.2, -0.15) is 0 Å². The van der Waals surface area contributed by atoms with Gasteiger partial charge in [-0.25, -0.2) is 4.39 Å². The van der Waals surface area contributed by atoms with Gasteiger partial charge in [-0.05, 0) is 43.5 Å². The largest absolute Gasteiger partial charge is 0.370 e. The van der Waals surface area contributed by atoms with Crippen molar-refractivity contribution >= 4 is 5.78 Å². The molecule has 1 unspecified atom stereocenters. The van der Waals surface area contributed by atoms with Gasteiger partial charge >= 0.3 is 0 Å². The van der Waals surface area contributed by atoms with Crippen LogP contribution in [0.5, 0.6) is 0 Å². The molecule has 1 rings (SSSR count). The molecule has 0 aliphatic carbocycles. The van der Waals surface area contributed by atoms with E-state index < -0.39 is 6.10 Å². The standard InChI is InChI=1S/C14H19FO2/c1-5-17-14(9(2)3)13(16)11-6-7-12(15)10(4)8-11/h6-9,14H,5H2,1-4H3. The van der Waals surface area contributed by atoms with Crippen LogP contribution in [0.3, 0.4) is 0 Å². The van der Waals surface area contributed by atoms with Gasteiger partial charge in [0.25, 0.3) is 0 Å². The van der Waals surface area contributed by atoms with Crippen molar-refractivity contribution in [1.29, 1.82) is 0 Å². The highest BCUT2D eigenvalue weighted by Crippen LogP contribution is 2.16. The fraction of sp³-hybridized carbons (Fsp3) is 0.500. The first kappa shape index (κ1) is 13.8. The van der Waals surface area contributed by atoms with Crippen molar-refractivity contribution in [2.75, 3.05) is 6.61 Å². The number of Topliss-reactive ketones (excluding diaryl/α,β-unsaturated/α-hetero) is 1. The van der Waals surface area contributed by atoms with Crippen LogP contribution in [-0.4, -0.2) is 18.5 Å². The lowest BCUT2D eigenvalue weighted by molar-refractivity contribution is 0.0279. The molecule has 0 amide bonds. The maximum absolute atomic E-state index is 13.1. The molecule has 3 heteroatoms. The molecule has 0 heterocycles. The Morgan fingerprint density at radius 3 is 2.53 bits per heavy atom. The lowest BCUT2D eigenvalue weighted by atomic mass is 9.96. The molecule has 0 aromatic heterocycles. The molecule has 0 saturated carbocycles. The normalized spacial score (nSPS) is 12.8. The molecule has 2 nitrogen and oxygen atoms in total. The van der Waals surface area contributed by atoms with Crippen LogP contribution in [0.1, 0.15) is 36.7 Å². The van der Waals surface area contributed by atoms with Crippen molar-refractivity contribution in [3.05, 3.63) is 35.1 Å². The molecule has 0 aliphatic heterocycles. The predicted octanol–water partition coefficient (Wildman–Crippen LogP) is 3.38. The van der Waals surface area contributed by atoms with Gasteiger partial charge in [0.15, 0.2) is 5.78 Å². The summed E-state index contributed by atoms with van der Waals surface area (Å²) in [6, 6.07) is 4.41. The lowest BCUT2D eigenvalue weighted by Gasteiger charge is -2.19. The van der Waals surface area contributed by atoms with E-state index in [0.717, 1.165) is 0 Å². The molecule has 17 heavy (non-hydrogen) atoms. The van der Waals surface area contributed by atoms with Crippen molar-refractivity contribution in [2.45, 2.75) is 33.8 Å². The average Bonchev–Trinajstić information content (AvgIpc) is 2.28. The third kappa shape index (κ3) is 3.37. The zero-order valence-electron chi connectivity index (χ0n) is 10.8. The van der Waals surface area contributed by atoms with E-state index in [-0.39, 0.29) is 17.5 Å². The summed E-state index contributed by atoms with van der Waals surface area (Å²) >= 11 is 0. The van der Waals surface area contributed by atoms with E-state index in [2.05, 4.69) is 0 Å². The van der Waals surface area contributed by atoms with Crippen LogP contribution in [0.25, 0.3) is 0 Å². The van der Waals surface area contributed by atoms with Crippen LogP contribution in [0, 0.1) is 18.7 Å². The number of carbonyl (C=O) groups is 1. The topological polar surface area (TPSA) is 26.3 Å². The highest BCUT2D eigenvalue weighted by atomic mass is 19.1. The molecular formula is C14H19FO2. The van der Waals surface area contributed by atoms with Gasteiger partial charge in [0.05, 0.1) is 0 Å². The quantitative estimate of drug-likeness (QED) is 0.735. The summed E-state index contributed by atoms with van der Waals surface area (Å²) in [5, 5.41) is 0. The van der Waals surface area contributed by atoms with Gasteiger partial charge in [-0.3, -0.25) is 4.79 Å². The van der Waals surface area contributed by atoms with Crippen molar-refractivity contribution in [2.24, 2.45) is 5.92 Å². The number of benzene rings is 1. The molecule has 0 aliphatic rings. The van der Waals surface area contributed by atoms with Gasteiger partial charge in [0.1, 0.15) is 11.9 Å². The van der Waals surface area contributed by atoms with Gasteiger partial charge in [0.2, 0.25) is 0 Å². The minimum atomic E-state index is -0.454. The monoisotopic (exact) mass is 238 g/mol. The van der Waals surface area contributed by atoms with Gasteiger partial charge in [-0.15, -0.1) is 0 Å². The molecular weight excluding hydrogens is 219 g/mol. The van der Waals surface area contributed by atoms with Crippen LogP contribution in [0.2, 0.25) is 0 Å². The highest BCUT2D eigenvalue weighted by molar-refractivity contribution is 5.99. The van der Waals surface area contributed by atoms with Crippen molar-refractivity contribution < 1.29 is 13.9 Å². The summed E-state index contributed by atoms with van der Waals surface area (Å²) in [6.07, 6.45) is -0.454. The molecule has 0 saturated heterocycles. The zero-order valence-corrected chi connectivity index (χ0v) is 10.8. The Morgan fingerprint density at radius 1 is 1.41 bits per heavy atom. The first-order valence-corrected chi connectivity index (χ1v) is 5.89. The number of halogens is 1. The molecule has 0 radical (unpaired) electrons. The maximum Gasteiger partial charge on any atom is 0.191 e. The summed E-state index contributed by atoms with van der Waals surface area (Å²) in [4.78, 5) is 12.2. The van der Waals surface area contributed by atoms with Crippen LogP contribution in [-0.2, 0) is 4.74 Å². The minimum absolute atomic E-state index is 0.0787. The van der Waals surface area contributed by atoms with E-state index in [0.29, 0.717) is 17.7 Å². The van der Waals surface area contributed by atoms with Crippen LogP contribution >= 0.6 is 0 Å². The highest BCUT2D eigenvalue weighted by Gasteiger charge is 2.24. The van der Waals surface area contributed by atoms with E-state index in [1.807, 2.05) is 20.8 Å². The summed E-state index contributed by atoms with van der Waals surface area (Å²) in [5.74, 6) is -0.267. The number of carbonyl (C=O) groups excluding carboxylic acids is 1. The maximum atomic E-state index is 13.1. The molecule has 94 valence electrons. The van der Waals surface area contributed by atoms with Gasteiger partial charge < -0.3 is 4.74 Å². The Kier molecular flexibility index (Phi) is 4.82. The number of aryl methyl sites for hydroxylation is 1. The van der Waals surface area contributed by atoms with Crippen molar-refractivity contribution in [3.8, 4) is 0 Å². The zero-order chi connectivity index (χ0) is 13.0. The summed E-state index contributed by atoms with van der Waals surface area (Å²) in [5.41, 5.74) is 0.992. The van der Waals surface area contributed by atoms with E-state index >= 15 is 0 Å². The Hall–Kier alpha value is -1.22. The fourth-order valence-electron chi connectivity index (χ4n) is 1.71. The first-order chi connectivity index (χ1) is 7.97. The second-order valence-electron chi connectivity index (χ2n) is 4.45. The molecule has 0 bridgehead atoms. The number of ketones is 1. The van der Waals surface area contributed by atoms with Crippen LogP contribution < -0.4 is 0 Å². The van der Waals surface area contributed by atoms with Crippen LogP contribution in [0.15, 0.2) is 18.2 Å². The third-order valence-corrected chi connectivity index (χ3v) is 2.65. The second kappa shape index (κ2) is 5.92. The van der Waals surface area contributed by atoms with Crippen molar-refractivity contribution in [3.63, 3.8) is 0 Å². The predicted molar refractivity (Wildman–Crippen MR) is 65.7 cm³/mol. The third-order valence-electron chi connectivity index (χ3n) is 2.65. The number of hydrogen-bond donors (Lipinski definition) is 0. The number of rotatable bonds is 5. The Labute approximate surface area is 102 Å². The lowest BCUT2D eigenvalue weighted by Crippen LogP contribution is -2.30. The molecule has 0 fully saturated rings. The number of hydrogen-bond acceptors (Lipinski definition) is 2. The van der Waals surface area contributed by atoms with Gasteiger partial charge in [-0.1, -0.05) is 13.8 Å². The molecule has 1 atom stereocenters. The van der Waals surface area contributed by atoms with E-state index in [4.69, 9.17) is 4.74 Å². The summed E-state index contributed by atoms with van der Waals surface area (Å²) in [6.45, 7) is 7.88. The SMILES string of the molecule is CCOC(C(=O)c1ccc(F)c(C)c1)C(C)C. The van der Waals surface area contributed by atoms with E-state index in [1.165, 1.54) is 12.1 Å². The Balaban J connectivity index is 2.97.